The minimum Gasteiger partial charge on any atom is -0.480 e. The Bertz CT molecular complexity index is 1410. The summed E-state index contributed by atoms with van der Waals surface area (Å²) in [7, 11) is -3.88. The van der Waals surface area contributed by atoms with Gasteiger partial charge < -0.3 is 15.7 Å². The van der Waals surface area contributed by atoms with Gasteiger partial charge in [-0.05, 0) is 72.1 Å². The zero-order valence-corrected chi connectivity index (χ0v) is 29.5. The summed E-state index contributed by atoms with van der Waals surface area (Å²) in [6, 6.07) is 11.1. The quantitative estimate of drug-likeness (QED) is 0.151. The summed E-state index contributed by atoms with van der Waals surface area (Å²) in [5.74, 6) is -0.827. The van der Waals surface area contributed by atoms with Crippen molar-refractivity contribution in [3.05, 3.63) is 54.1 Å². The smallest absolute Gasteiger partial charge is 0.323 e. The van der Waals surface area contributed by atoms with Crippen molar-refractivity contribution >= 4 is 39.3 Å². The Hall–Kier alpha value is -3.60. The molecule has 47 heavy (non-hydrogen) atoms. The average Bonchev–Trinajstić information content (AvgIpc) is 3.03. The zero-order valence-electron chi connectivity index (χ0n) is 28.7. The van der Waals surface area contributed by atoms with Gasteiger partial charge in [0.25, 0.3) is 10.0 Å². The largest absolute Gasteiger partial charge is 0.480 e. The van der Waals surface area contributed by atoms with Crippen LogP contribution in [0.4, 0.5) is 16.2 Å². The third-order valence-electron chi connectivity index (χ3n) is 9.02. The maximum absolute atomic E-state index is 13.6. The Morgan fingerprint density at radius 2 is 1.60 bits per heavy atom. The lowest BCUT2D eigenvalue weighted by Gasteiger charge is -2.29. The maximum Gasteiger partial charge on any atom is 0.323 e. The SMILES string of the molecule is CCCCC(CC)CNC(=O)[C@@H](CC1CCCCC1)NC(=O)N(CC(=O)O)c1ccc(NS(=O)(=O)c2ccc(C(C)(C)C)cc2)cc1. The monoisotopic (exact) mass is 670 g/mol. The van der Waals surface area contributed by atoms with Crippen LogP contribution in [0.5, 0.6) is 0 Å². The van der Waals surface area contributed by atoms with Gasteiger partial charge in [0.05, 0.1) is 4.90 Å². The summed E-state index contributed by atoms with van der Waals surface area (Å²) in [4.78, 5) is 40.1. The summed E-state index contributed by atoms with van der Waals surface area (Å²) in [6.45, 7) is 10.3. The molecule has 10 nitrogen and oxygen atoms in total. The molecule has 0 bridgehead atoms. The second-order valence-corrected chi connectivity index (χ2v) is 15.5. The van der Waals surface area contributed by atoms with E-state index in [0.29, 0.717) is 24.8 Å². The van der Waals surface area contributed by atoms with Crippen LogP contribution >= 0.6 is 0 Å². The van der Waals surface area contributed by atoms with Crippen LogP contribution < -0.4 is 20.3 Å². The Kier molecular flexibility index (Phi) is 14.1. The average molecular weight is 671 g/mol. The first-order chi connectivity index (χ1) is 22.2. The fourth-order valence-corrected chi connectivity index (χ4v) is 7.06. The van der Waals surface area contributed by atoms with E-state index in [1.54, 1.807) is 24.3 Å². The summed E-state index contributed by atoms with van der Waals surface area (Å²) in [5.41, 5.74) is 1.40. The lowest BCUT2D eigenvalue weighted by atomic mass is 9.84. The lowest BCUT2D eigenvalue weighted by Crippen LogP contribution is -2.53. The number of rotatable bonds is 16. The number of carboxylic acids is 1. The third kappa shape index (κ3) is 11.9. The highest BCUT2D eigenvalue weighted by atomic mass is 32.2. The van der Waals surface area contributed by atoms with Crippen LogP contribution in [0, 0.1) is 11.8 Å². The van der Waals surface area contributed by atoms with E-state index in [9.17, 15) is 27.9 Å². The van der Waals surface area contributed by atoms with E-state index in [1.165, 1.54) is 24.3 Å². The number of carboxylic acid groups (broad SMARTS) is 1. The third-order valence-corrected chi connectivity index (χ3v) is 10.4. The van der Waals surface area contributed by atoms with Gasteiger partial charge in [-0.15, -0.1) is 0 Å². The summed E-state index contributed by atoms with van der Waals surface area (Å²) < 4.78 is 28.6. The Labute approximate surface area is 281 Å². The molecular formula is C36H54N4O6S. The number of amides is 3. The highest BCUT2D eigenvalue weighted by Crippen LogP contribution is 2.28. The van der Waals surface area contributed by atoms with Crippen molar-refractivity contribution in [1.29, 1.82) is 0 Å². The number of urea groups is 1. The number of unbranched alkanes of at least 4 members (excludes halogenated alkanes) is 1. The molecule has 2 atom stereocenters. The number of benzene rings is 2. The Morgan fingerprint density at radius 1 is 0.957 bits per heavy atom. The number of sulfonamides is 1. The van der Waals surface area contributed by atoms with Gasteiger partial charge in [0.2, 0.25) is 5.91 Å². The number of nitrogens with zero attached hydrogens (tertiary/aromatic N) is 1. The zero-order chi connectivity index (χ0) is 34.6. The molecule has 2 aromatic carbocycles. The maximum atomic E-state index is 13.6. The van der Waals surface area contributed by atoms with E-state index in [-0.39, 0.29) is 27.6 Å². The van der Waals surface area contributed by atoms with Crippen molar-refractivity contribution in [3.63, 3.8) is 0 Å². The molecule has 0 heterocycles. The van der Waals surface area contributed by atoms with E-state index >= 15 is 0 Å². The molecule has 11 heteroatoms. The molecule has 0 radical (unpaired) electrons. The second kappa shape index (κ2) is 17.5. The topological polar surface area (TPSA) is 145 Å². The van der Waals surface area contributed by atoms with E-state index in [2.05, 4.69) is 29.2 Å². The number of hydrogen-bond acceptors (Lipinski definition) is 5. The molecule has 260 valence electrons. The lowest BCUT2D eigenvalue weighted by molar-refractivity contribution is -0.135. The number of anilines is 2. The van der Waals surface area contributed by atoms with E-state index in [4.69, 9.17) is 0 Å². The minimum absolute atomic E-state index is 0.111. The van der Waals surface area contributed by atoms with Crippen molar-refractivity contribution < 1.29 is 27.9 Å². The molecule has 1 unspecified atom stereocenters. The second-order valence-electron chi connectivity index (χ2n) is 13.8. The molecule has 3 rings (SSSR count). The normalized spacial score (nSPS) is 15.3. The molecule has 0 aromatic heterocycles. The van der Waals surface area contributed by atoms with Crippen molar-refractivity contribution in [2.45, 2.75) is 115 Å². The van der Waals surface area contributed by atoms with Crippen LogP contribution in [0.2, 0.25) is 0 Å². The first kappa shape index (κ1) is 37.9. The number of carbonyl (C=O) groups excluding carboxylic acids is 2. The fourth-order valence-electron chi connectivity index (χ4n) is 6.00. The van der Waals surface area contributed by atoms with Gasteiger partial charge in [-0.2, -0.15) is 0 Å². The van der Waals surface area contributed by atoms with Crippen LogP contribution in [-0.4, -0.2) is 50.6 Å². The predicted molar refractivity (Wildman–Crippen MR) is 187 cm³/mol. The van der Waals surface area contributed by atoms with Crippen LogP contribution in [-0.2, 0) is 25.0 Å². The first-order valence-electron chi connectivity index (χ1n) is 17.0. The number of carbonyl (C=O) groups is 3. The molecule has 4 N–H and O–H groups in total. The van der Waals surface area contributed by atoms with Crippen molar-refractivity contribution in [3.8, 4) is 0 Å². The van der Waals surface area contributed by atoms with Gasteiger partial charge in [-0.3, -0.25) is 19.2 Å². The molecule has 1 saturated carbocycles. The van der Waals surface area contributed by atoms with Crippen LogP contribution in [0.15, 0.2) is 53.4 Å². The molecule has 0 spiro atoms. The molecule has 0 aliphatic heterocycles. The molecule has 1 aliphatic carbocycles. The molecule has 2 aromatic rings. The van der Waals surface area contributed by atoms with Crippen LogP contribution in [0.3, 0.4) is 0 Å². The fraction of sp³-hybridized carbons (Fsp3) is 0.583. The molecule has 1 fully saturated rings. The molecule has 3 amide bonds. The van der Waals surface area contributed by atoms with Crippen LogP contribution in [0.1, 0.15) is 104 Å². The predicted octanol–water partition coefficient (Wildman–Crippen LogP) is 7.06. The van der Waals surface area contributed by atoms with E-state index in [1.807, 2.05) is 20.8 Å². The minimum atomic E-state index is -3.88. The van der Waals surface area contributed by atoms with Crippen molar-refractivity contribution in [1.82, 2.24) is 10.6 Å². The number of aliphatic carboxylic acids is 1. The van der Waals surface area contributed by atoms with Crippen LogP contribution in [0.25, 0.3) is 0 Å². The highest BCUT2D eigenvalue weighted by molar-refractivity contribution is 7.92. The van der Waals surface area contributed by atoms with Crippen molar-refractivity contribution in [2.75, 3.05) is 22.7 Å². The van der Waals surface area contributed by atoms with Gasteiger partial charge in [0.15, 0.2) is 0 Å². The van der Waals surface area contributed by atoms with E-state index < -0.39 is 34.6 Å². The standard InChI is InChI=1S/C36H54N4O6S/c1-6-8-12-26(7-2)24-37-34(43)32(23-27-13-10-9-11-14-27)38-35(44)40(25-33(41)42)30-19-17-29(18-20-30)39-47(45,46)31-21-15-28(16-22-31)36(3,4)5/h15-22,26-27,32,39H,6-14,23-25H2,1-5H3,(H,37,43)(H,38,44)(H,41,42)/t26?,32-/m1/s1. The van der Waals surface area contributed by atoms with Gasteiger partial charge >= 0.3 is 12.0 Å². The number of nitrogens with one attached hydrogen (secondary N) is 3. The van der Waals surface area contributed by atoms with Gasteiger partial charge in [0, 0.05) is 17.9 Å². The summed E-state index contributed by atoms with van der Waals surface area (Å²) >= 11 is 0. The highest BCUT2D eigenvalue weighted by Gasteiger charge is 2.29. The first-order valence-corrected chi connectivity index (χ1v) is 18.5. The van der Waals surface area contributed by atoms with Gasteiger partial charge in [-0.1, -0.05) is 98.1 Å². The van der Waals surface area contributed by atoms with Gasteiger partial charge in [0.1, 0.15) is 12.6 Å². The molecular weight excluding hydrogens is 616 g/mol. The summed E-state index contributed by atoms with van der Waals surface area (Å²) in [5, 5.41) is 15.6. The molecule has 1 aliphatic rings. The van der Waals surface area contributed by atoms with Crippen molar-refractivity contribution in [2.24, 2.45) is 11.8 Å². The van der Waals surface area contributed by atoms with E-state index in [0.717, 1.165) is 68.3 Å². The number of hydrogen-bond donors (Lipinski definition) is 4. The Balaban J connectivity index is 1.76. The Morgan fingerprint density at radius 3 is 2.15 bits per heavy atom. The molecule has 0 saturated heterocycles. The van der Waals surface area contributed by atoms with Gasteiger partial charge in [-0.25, -0.2) is 13.2 Å². The summed E-state index contributed by atoms with van der Waals surface area (Å²) in [6.07, 6.45) is 9.95.